The van der Waals surface area contributed by atoms with Gasteiger partial charge in [0, 0.05) is 15.6 Å². The first-order valence-electron chi connectivity index (χ1n) is 8.73. The zero-order chi connectivity index (χ0) is 19.8. The molecule has 0 bridgehead atoms. The Bertz CT molecular complexity index is 877. The maximum absolute atomic E-state index is 13.0. The standard InChI is InChI=1S/C20H22BrNO5/c1-5-26-18(23)17-15-11-25-10-14(15)16(12-6-8-13(21)9-7-12)22(17)19(24)27-20(2,3)4/h6-9H,5,10-11H2,1-4H3. The van der Waals surface area contributed by atoms with Crippen LogP contribution in [0.25, 0.3) is 11.3 Å². The molecule has 6 nitrogen and oxygen atoms in total. The van der Waals surface area contributed by atoms with Gasteiger partial charge in [-0.3, -0.25) is 0 Å². The molecule has 1 aromatic carbocycles. The SMILES string of the molecule is CCOC(=O)c1c2c(c(-c3ccc(Br)cc3)n1C(=O)OC(C)(C)C)COC2. The molecule has 1 aliphatic rings. The van der Waals surface area contributed by atoms with E-state index in [0.29, 0.717) is 17.9 Å². The molecule has 2 heterocycles. The number of halogens is 1. The molecule has 144 valence electrons. The lowest BCUT2D eigenvalue weighted by Crippen LogP contribution is -2.30. The highest BCUT2D eigenvalue weighted by Crippen LogP contribution is 2.38. The average molecular weight is 436 g/mol. The molecule has 0 radical (unpaired) electrons. The van der Waals surface area contributed by atoms with Gasteiger partial charge in [-0.15, -0.1) is 0 Å². The lowest BCUT2D eigenvalue weighted by molar-refractivity contribution is 0.0444. The Kier molecular flexibility index (Phi) is 5.44. The van der Waals surface area contributed by atoms with Crippen LogP contribution in [0.4, 0.5) is 4.79 Å². The number of benzene rings is 1. The summed E-state index contributed by atoms with van der Waals surface area (Å²) in [4.78, 5) is 25.7. The van der Waals surface area contributed by atoms with Crippen molar-refractivity contribution >= 4 is 28.0 Å². The van der Waals surface area contributed by atoms with Crippen molar-refractivity contribution in [2.45, 2.75) is 46.5 Å². The van der Waals surface area contributed by atoms with E-state index in [2.05, 4.69) is 15.9 Å². The lowest BCUT2D eigenvalue weighted by Gasteiger charge is -2.22. The van der Waals surface area contributed by atoms with Gasteiger partial charge in [-0.1, -0.05) is 28.1 Å². The third-order valence-corrected chi connectivity index (χ3v) is 4.57. The molecule has 7 heteroatoms. The van der Waals surface area contributed by atoms with Gasteiger partial charge in [0.15, 0.2) is 0 Å². The van der Waals surface area contributed by atoms with Gasteiger partial charge in [-0.25, -0.2) is 14.2 Å². The van der Waals surface area contributed by atoms with E-state index in [4.69, 9.17) is 14.2 Å². The number of hydrogen-bond donors (Lipinski definition) is 0. The highest BCUT2D eigenvalue weighted by molar-refractivity contribution is 9.10. The van der Waals surface area contributed by atoms with Crippen LogP contribution in [-0.2, 0) is 27.4 Å². The van der Waals surface area contributed by atoms with Crippen LogP contribution in [0.1, 0.15) is 49.3 Å². The van der Waals surface area contributed by atoms with Crippen molar-refractivity contribution in [3.05, 3.63) is 45.6 Å². The van der Waals surface area contributed by atoms with Gasteiger partial charge < -0.3 is 14.2 Å². The van der Waals surface area contributed by atoms with E-state index in [0.717, 1.165) is 15.6 Å². The van der Waals surface area contributed by atoms with Crippen molar-refractivity contribution in [2.24, 2.45) is 0 Å². The summed E-state index contributed by atoms with van der Waals surface area (Å²) in [5.74, 6) is -0.562. The lowest BCUT2D eigenvalue weighted by atomic mass is 10.1. The molecule has 1 aliphatic heterocycles. The molecule has 0 spiro atoms. The molecule has 0 amide bonds. The van der Waals surface area contributed by atoms with E-state index in [-0.39, 0.29) is 18.9 Å². The zero-order valence-corrected chi connectivity index (χ0v) is 17.4. The molecular weight excluding hydrogens is 414 g/mol. The van der Waals surface area contributed by atoms with E-state index < -0.39 is 17.7 Å². The minimum Gasteiger partial charge on any atom is -0.461 e. The van der Waals surface area contributed by atoms with E-state index in [1.54, 1.807) is 27.7 Å². The van der Waals surface area contributed by atoms with Crippen molar-refractivity contribution in [1.82, 2.24) is 4.57 Å². The molecule has 3 rings (SSSR count). The molecule has 0 atom stereocenters. The minimum atomic E-state index is -0.703. The Morgan fingerprint density at radius 2 is 1.78 bits per heavy atom. The zero-order valence-electron chi connectivity index (χ0n) is 15.8. The molecule has 27 heavy (non-hydrogen) atoms. The number of hydrogen-bond acceptors (Lipinski definition) is 5. The first-order valence-corrected chi connectivity index (χ1v) is 9.53. The number of esters is 1. The second kappa shape index (κ2) is 7.48. The molecule has 0 N–H and O–H groups in total. The number of aromatic nitrogens is 1. The van der Waals surface area contributed by atoms with E-state index >= 15 is 0 Å². The number of carbonyl (C=O) groups is 2. The second-order valence-electron chi connectivity index (χ2n) is 7.19. The Morgan fingerprint density at radius 1 is 1.15 bits per heavy atom. The summed E-state index contributed by atoms with van der Waals surface area (Å²) in [6.07, 6.45) is -0.613. The fourth-order valence-corrected chi connectivity index (χ4v) is 3.31. The first kappa shape index (κ1) is 19.6. The quantitative estimate of drug-likeness (QED) is 0.640. The molecule has 1 aromatic heterocycles. The molecule has 2 aromatic rings. The van der Waals surface area contributed by atoms with Crippen molar-refractivity contribution in [1.29, 1.82) is 0 Å². The van der Waals surface area contributed by atoms with Crippen LogP contribution in [0.3, 0.4) is 0 Å². The summed E-state index contributed by atoms with van der Waals surface area (Å²) < 4.78 is 18.6. The fourth-order valence-electron chi connectivity index (χ4n) is 3.05. The van der Waals surface area contributed by atoms with Crippen molar-refractivity contribution in [2.75, 3.05) is 6.61 Å². The van der Waals surface area contributed by atoms with Crippen LogP contribution in [-0.4, -0.2) is 28.8 Å². The van der Waals surface area contributed by atoms with Gasteiger partial charge in [-0.2, -0.15) is 0 Å². The van der Waals surface area contributed by atoms with Crippen LogP contribution in [0, 0.1) is 0 Å². The predicted molar refractivity (Wildman–Crippen MR) is 104 cm³/mol. The summed E-state index contributed by atoms with van der Waals surface area (Å²) in [6, 6.07) is 7.53. The summed E-state index contributed by atoms with van der Waals surface area (Å²) in [5.41, 5.74) is 2.36. The largest absolute Gasteiger partial charge is 0.461 e. The van der Waals surface area contributed by atoms with Gasteiger partial charge in [0.05, 0.1) is 25.5 Å². The van der Waals surface area contributed by atoms with Crippen LogP contribution in [0.5, 0.6) is 0 Å². The molecule has 0 aliphatic carbocycles. The molecule has 0 fully saturated rings. The van der Waals surface area contributed by atoms with Gasteiger partial charge in [0.1, 0.15) is 11.3 Å². The summed E-state index contributed by atoms with van der Waals surface area (Å²) in [6.45, 7) is 7.87. The van der Waals surface area contributed by atoms with E-state index in [1.165, 1.54) is 4.57 Å². The number of carbonyl (C=O) groups excluding carboxylic acids is 2. The monoisotopic (exact) mass is 435 g/mol. The highest BCUT2D eigenvalue weighted by Gasteiger charge is 2.36. The van der Waals surface area contributed by atoms with Crippen LogP contribution < -0.4 is 0 Å². The molecule has 0 unspecified atom stereocenters. The van der Waals surface area contributed by atoms with Gasteiger partial charge in [-0.05, 0) is 45.4 Å². The smallest absolute Gasteiger partial charge is 0.419 e. The average Bonchev–Trinajstić information content (AvgIpc) is 3.14. The van der Waals surface area contributed by atoms with Gasteiger partial charge in [0.25, 0.3) is 0 Å². The Morgan fingerprint density at radius 3 is 2.37 bits per heavy atom. The summed E-state index contributed by atoms with van der Waals surface area (Å²) in [7, 11) is 0. The Balaban J connectivity index is 2.25. The Hall–Kier alpha value is -2.12. The summed E-state index contributed by atoms with van der Waals surface area (Å²) >= 11 is 3.42. The van der Waals surface area contributed by atoms with E-state index in [9.17, 15) is 9.59 Å². The fraction of sp³-hybridized carbons (Fsp3) is 0.400. The second-order valence-corrected chi connectivity index (χ2v) is 8.11. The third kappa shape index (κ3) is 3.94. The highest BCUT2D eigenvalue weighted by atomic mass is 79.9. The van der Waals surface area contributed by atoms with Gasteiger partial charge >= 0.3 is 12.1 Å². The van der Waals surface area contributed by atoms with Crippen molar-refractivity contribution < 1.29 is 23.8 Å². The van der Waals surface area contributed by atoms with Crippen LogP contribution in [0.2, 0.25) is 0 Å². The first-order chi connectivity index (χ1) is 12.7. The van der Waals surface area contributed by atoms with Crippen LogP contribution in [0.15, 0.2) is 28.7 Å². The number of nitrogens with zero attached hydrogens (tertiary/aromatic N) is 1. The van der Waals surface area contributed by atoms with Crippen molar-refractivity contribution in [3.63, 3.8) is 0 Å². The number of ether oxygens (including phenoxy) is 3. The normalized spacial score (nSPS) is 13.4. The molecular formula is C20H22BrNO5. The summed E-state index contributed by atoms with van der Waals surface area (Å²) in [5, 5.41) is 0. The Labute approximate surface area is 166 Å². The maximum atomic E-state index is 13.0. The topological polar surface area (TPSA) is 66.8 Å². The van der Waals surface area contributed by atoms with Crippen LogP contribution >= 0.6 is 15.9 Å². The minimum absolute atomic E-state index is 0.177. The predicted octanol–water partition coefficient (Wildman–Crippen LogP) is 4.91. The number of rotatable bonds is 3. The molecule has 0 saturated carbocycles. The van der Waals surface area contributed by atoms with E-state index in [1.807, 2.05) is 24.3 Å². The van der Waals surface area contributed by atoms with Gasteiger partial charge in [0.2, 0.25) is 0 Å². The number of fused-ring (bicyclic) bond motifs is 1. The maximum Gasteiger partial charge on any atom is 0.419 e. The third-order valence-electron chi connectivity index (χ3n) is 4.04. The molecule has 0 saturated heterocycles. The van der Waals surface area contributed by atoms with Crippen molar-refractivity contribution in [3.8, 4) is 11.3 Å².